The maximum atomic E-state index is 12.7. The van der Waals surface area contributed by atoms with E-state index in [-0.39, 0.29) is 6.04 Å². The largest absolute Gasteiger partial charge is 0.416 e. The van der Waals surface area contributed by atoms with E-state index >= 15 is 0 Å². The van der Waals surface area contributed by atoms with Crippen molar-refractivity contribution in [3.8, 4) is 0 Å². The van der Waals surface area contributed by atoms with Crippen molar-refractivity contribution in [1.82, 2.24) is 5.32 Å². The molecule has 0 aromatic heterocycles. The van der Waals surface area contributed by atoms with E-state index in [0.717, 1.165) is 23.8 Å². The fourth-order valence-corrected chi connectivity index (χ4v) is 3.90. The predicted octanol–water partition coefficient (Wildman–Crippen LogP) is 3.73. The van der Waals surface area contributed by atoms with E-state index in [0.29, 0.717) is 11.7 Å². The summed E-state index contributed by atoms with van der Waals surface area (Å²) < 4.78 is 38.0. The zero-order valence-corrected chi connectivity index (χ0v) is 11.7. The minimum Gasteiger partial charge on any atom is -0.316 e. The summed E-state index contributed by atoms with van der Waals surface area (Å²) in [5, 5.41) is 3.76. The van der Waals surface area contributed by atoms with Crippen LogP contribution in [0, 0.1) is 0 Å². The van der Waals surface area contributed by atoms with Gasteiger partial charge in [0, 0.05) is 11.3 Å². The Morgan fingerprint density at radius 2 is 2.21 bits per heavy atom. The second kappa shape index (κ2) is 6.18. The van der Waals surface area contributed by atoms with E-state index in [1.807, 2.05) is 18.8 Å². The highest BCUT2D eigenvalue weighted by atomic mass is 32.2. The summed E-state index contributed by atoms with van der Waals surface area (Å²) in [5.74, 6) is 1.16. The topological polar surface area (TPSA) is 12.0 Å². The van der Waals surface area contributed by atoms with Crippen molar-refractivity contribution in [2.24, 2.45) is 0 Å². The molecular weight excluding hydrogens is 271 g/mol. The number of thioether (sulfide) groups is 1. The van der Waals surface area contributed by atoms with Crippen molar-refractivity contribution >= 4 is 11.8 Å². The van der Waals surface area contributed by atoms with Crippen LogP contribution < -0.4 is 5.32 Å². The molecule has 5 heteroatoms. The first-order valence-corrected chi connectivity index (χ1v) is 7.50. The molecule has 1 aliphatic rings. The third kappa shape index (κ3) is 3.89. The average Bonchev–Trinajstić information content (AvgIpc) is 2.89. The molecule has 2 unspecified atom stereocenters. The molecule has 1 aromatic rings. The normalized spacial score (nSPS) is 21.6. The van der Waals surface area contributed by atoms with E-state index in [1.165, 1.54) is 18.6 Å². The summed E-state index contributed by atoms with van der Waals surface area (Å²) >= 11 is 1.92. The van der Waals surface area contributed by atoms with E-state index in [9.17, 15) is 13.2 Å². The summed E-state index contributed by atoms with van der Waals surface area (Å²) in [6.45, 7) is 0. The Kier molecular flexibility index (Phi) is 4.79. The zero-order chi connectivity index (χ0) is 13.9. The molecule has 1 N–H and O–H groups in total. The number of nitrogens with one attached hydrogen (secondary N) is 1. The lowest BCUT2D eigenvalue weighted by atomic mass is 9.99. The lowest BCUT2D eigenvalue weighted by Crippen LogP contribution is -2.36. The van der Waals surface area contributed by atoms with Crippen molar-refractivity contribution in [2.75, 3.05) is 12.8 Å². The molecule has 1 heterocycles. The van der Waals surface area contributed by atoms with Crippen LogP contribution in [-0.4, -0.2) is 24.1 Å². The van der Waals surface area contributed by atoms with Gasteiger partial charge in [-0.25, -0.2) is 0 Å². The Balaban J connectivity index is 2.09. The first-order chi connectivity index (χ1) is 9.00. The van der Waals surface area contributed by atoms with Gasteiger partial charge >= 0.3 is 6.18 Å². The number of rotatable bonds is 4. The van der Waals surface area contributed by atoms with Crippen LogP contribution in [0.3, 0.4) is 0 Å². The van der Waals surface area contributed by atoms with Crippen LogP contribution in [0.25, 0.3) is 0 Å². The van der Waals surface area contributed by atoms with Crippen LogP contribution in [0.4, 0.5) is 13.2 Å². The Labute approximate surface area is 116 Å². The molecule has 0 radical (unpaired) electrons. The molecule has 0 bridgehead atoms. The molecule has 0 saturated carbocycles. The van der Waals surface area contributed by atoms with Gasteiger partial charge in [0.15, 0.2) is 0 Å². The van der Waals surface area contributed by atoms with E-state index < -0.39 is 11.7 Å². The fraction of sp³-hybridized carbons (Fsp3) is 0.571. The molecule has 0 spiro atoms. The summed E-state index contributed by atoms with van der Waals surface area (Å²) in [5.41, 5.74) is 0.195. The molecule has 1 fully saturated rings. The van der Waals surface area contributed by atoms with Gasteiger partial charge in [0.25, 0.3) is 0 Å². The molecule has 0 amide bonds. The summed E-state index contributed by atoms with van der Waals surface area (Å²) in [7, 11) is 1.89. The standard InChI is InChI=1S/C14H18F3NS/c1-18-12(13-6-3-7-19-13)9-10-4-2-5-11(8-10)14(15,16)17/h2,4-5,8,12-13,18H,3,6-7,9H2,1H3. The first kappa shape index (κ1) is 14.7. The molecule has 2 rings (SSSR count). The lowest BCUT2D eigenvalue weighted by Gasteiger charge is -2.22. The Hall–Kier alpha value is -0.680. The van der Waals surface area contributed by atoms with Gasteiger partial charge < -0.3 is 5.32 Å². The van der Waals surface area contributed by atoms with Crippen LogP contribution in [0.5, 0.6) is 0 Å². The van der Waals surface area contributed by atoms with Crippen molar-refractivity contribution < 1.29 is 13.2 Å². The quantitative estimate of drug-likeness (QED) is 0.906. The van der Waals surface area contributed by atoms with Crippen molar-refractivity contribution in [2.45, 2.75) is 36.7 Å². The minimum absolute atomic E-state index is 0.246. The highest BCUT2D eigenvalue weighted by Gasteiger charge is 2.31. The highest BCUT2D eigenvalue weighted by Crippen LogP contribution is 2.32. The number of halogens is 3. The molecule has 1 saturated heterocycles. The van der Waals surface area contributed by atoms with Gasteiger partial charge in [-0.3, -0.25) is 0 Å². The maximum absolute atomic E-state index is 12.7. The van der Waals surface area contributed by atoms with E-state index in [2.05, 4.69) is 5.32 Å². The second-order valence-corrected chi connectivity index (χ2v) is 6.20. The van der Waals surface area contributed by atoms with Gasteiger partial charge in [-0.05, 0) is 43.7 Å². The van der Waals surface area contributed by atoms with Crippen molar-refractivity contribution in [1.29, 1.82) is 0 Å². The van der Waals surface area contributed by atoms with Crippen LogP contribution in [0.2, 0.25) is 0 Å². The number of likely N-dealkylation sites (N-methyl/N-ethyl adjacent to an activating group) is 1. The minimum atomic E-state index is -4.26. The van der Waals surface area contributed by atoms with Gasteiger partial charge in [-0.2, -0.15) is 24.9 Å². The van der Waals surface area contributed by atoms with Crippen molar-refractivity contribution in [3.05, 3.63) is 35.4 Å². The van der Waals surface area contributed by atoms with Crippen LogP contribution in [0.1, 0.15) is 24.0 Å². The fourth-order valence-electron chi connectivity index (χ4n) is 2.47. The van der Waals surface area contributed by atoms with Crippen LogP contribution in [0.15, 0.2) is 24.3 Å². The number of benzene rings is 1. The van der Waals surface area contributed by atoms with Gasteiger partial charge in [0.1, 0.15) is 0 Å². The lowest BCUT2D eigenvalue weighted by molar-refractivity contribution is -0.137. The van der Waals surface area contributed by atoms with Gasteiger partial charge in [0.05, 0.1) is 5.56 Å². The summed E-state index contributed by atoms with van der Waals surface area (Å²) in [6.07, 6.45) is -1.25. The Morgan fingerprint density at radius 3 is 2.79 bits per heavy atom. The molecule has 1 aromatic carbocycles. The molecule has 1 nitrogen and oxygen atoms in total. The highest BCUT2D eigenvalue weighted by molar-refractivity contribution is 8.00. The number of alkyl halides is 3. The smallest absolute Gasteiger partial charge is 0.316 e. The predicted molar refractivity (Wildman–Crippen MR) is 73.5 cm³/mol. The molecule has 106 valence electrons. The molecule has 19 heavy (non-hydrogen) atoms. The third-order valence-corrected chi connectivity index (χ3v) is 5.01. The maximum Gasteiger partial charge on any atom is 0.416 e. The van der Waals surface area contributed by atoms with Gasteiger partial charge in [-0.1, -0.05) is 18.2 Å². The zero-order valence-electron chi connectivity index (χ0n) is 10.8. The van der Waals surface area contributed by atoms with Crippen molar-refractivity contribution in [3.63, 3.8) is 0 Å². The Morgan fingerprint density at radius 1 is 1.42 bits per heavy atom. The van der Waals surface area contributed by atoms with Gasteiger partial charge in [-0.15, -0.1) is 0 Å². The second-order valence-electron chi connectivity index (χ2n) is 4.85. The summed E-state index contributed by atoms with van der Waals surface area (Å²) in [4.78, 5) is 0. The summed E-state index contributed by atoms with van der Waals surface area (Å²) in [6, 6.07) is 5.91. The Bertz CT molecular complexity index is 413. The molecular formula is C14H18F3NS. The first-order valence-electron chi connectivity index (χ1n) is 6.45. The van der Waals surface area contributed by atoms with E-state index in [1.54, 1.807) is 6.07 Å². The molecule has 2 atom stereocenters. The van der Waals surface area contributed by atoms with E-state index in [4.69, 9.17) is 0 Å². The number of hydrogen-bond acceptors (Lipinski definition) is 2. The van der Waals surface area contributed by atoms with Crippen LogP contribution in [-0.2, 0) is 12.6 Å². The molecule has 0 aliphatic carbocycles. The van der Waals surface area contributed by atoms with Gasteiger partial charge in [0.2, 0.25) is 0 Å². The van der Waals surface area contributed by atoms with Crippen LogP contribution >= 0.6 is 11.8 Å². The molecule has 1 aliphatic heterocycles. The average molecular weight is 289 g/mol. The third-order valence-electron chi connectivity index (χ3n) is 3.49. The number of hydrogen-bond donors (Lipinski definition) is 1. The SMILES string of the molecule is CNC(Cc1cccc(C(F)(F)F)c1)C1CCCS1. The monoisotopic (exact) mass is 289 g/mol.